The zero-order chi connectivity index (χ0) is 24.9. The number of hydrogen-bond acceptors (Lipinski definition) is 4. The molecule has 34 heavy (non-hydrogen) atoms. The minimum atomic E-state index is -0.233. The highest BCUT2D eigenvalue weighted by Crippen LogP contribution is 2.39. The van der Waals surface area contributed by atoms with E-state index in [-0.39, 0.29) is 16.6 Å². The van der Waals surface area contributed by atoms with Crippen molar-refractivity contribution in [2.45, 2.75) is 78.2 Å². The topological polar surface area (TPSA) is 52.6 Å². The summed E-state index contributed by atoms with van der Waals surface area (Å²) in [5.74, 6) is 1.14. The van der Waals surface area contributed by atoms with Gasteiger partial charge in [0.2, 0.25) is 0 Å². The van der Waals surface area contributed by atoms with Gasteiger partial charge < -0.3 is 10.4 Å². The van der Waals surface area contributed by atoms with E-state index < -0.39 is 0 Å². The summed E-state index contributed by atoms with van der Waals surface area (Å²) in [6, 6.07) is 14.5. The number of piperidine rings is 1. The van der Waals surface area contributed by atoms with Crippen molar-refractivity contribution in [1.29, 1.82) is 0 Å². The number of ketones is 1. The number of rotatable bonds is 8. The summed E-state index contributed by atoms with van der Waals surface area (Å²) in [7, 11) is 0. The van der Waals surface area contributed by atoms with E-state index in [1.807, 2.05) is 12.1 Å². The highest BCUT2D eigenvalue weighted by atomic mass is 16.3. The average Bonchev–Trinajstić information content (AvgIpc) is 2.77. The zero-order valence-corrected chi connectivity index (χ0v) is 22.1. The summed E-state index contributed by atoms with van der Waals surface area (Å²) < 4.78 is 0. The Morgan fingerprint density at radius 3 is 2.06 bits per heavy atom. The molecule has 0 amide bonds. The molecule has 4 heteroatoms. The van der Waals surface area contributed by atoms with Crippen LogP contribution in [-0.4, -0.2) is 42.0 Å². The van der Waals surface area contributed by atoms with Gasteiger partial charge in [0.05, 0.1) is 6.54 Å². The highest BCUT2D eigenvalue weighted by molar-refractivity contribution is 5.98. The second-order valence-electron chi connectivity index (χ2n) is 12.0. The third-order valence-electron chi connectivity index (χ3n) is 7.02. The van der Waals surface area contributed by atoms with E-state index in [0.29, 0.717) is 17.9 Å². The van der Waals surface area contributed by atoms with Crippen LogP contribution in [0.15, 0.2) is 42.5 Å². The summed E-state index contributed by atoms with van der Waals surface area (Å²) in [5, 5.41) is 14.3. The molecule has 1 aliphatic heterocycles. The molecule has 3 rings (SSSR count). The first-order valence-electron chi connectivity index (χ1n) is 12.8. The van der Waals surface area contributed by atoms with Crippen molar-refractivity contribution in [3.05, 3.63) is 64.7 Å². The molecule has 2 N–H and O–H groups in total. The van der Waals surface area contributed by atoms with Gasteiger partial charge in [0.25, 0.3) is 0 Å². The van der Waals surface area contributed by atoms with Gasteiger partial charge in [0.1, 0.15) is 5.75 Å². The van der Waals surface area contributed by atoms with Crippen molar-refractivity contribution in [1.82, 2.24) is 10.2 Å². The van der Waals surface area contributed by atoms with Crippen LogP contribution in [-0.2, 0) is 17.4 Å². The third kappa shape index (κ3) is 7.16. The van der Waals surface area contributed by atoms with Crippen LogP contribution in [0.3, 0.4) is 0 Å². The Morgan fingerprint density at radius 1 is 0.971 bits per heavy atom. The number of hydrogen-bond donors (Lipinski definition) is 2. The quantitative estimate of drug-likeness (QED) is 0.368. The molecule has 0 radical (unpaired) electrons. The first kappa shape index (κ1) is 26.4. The van der Waals surface area contributed by atoms with Crippen LogP contribution in [0.1, 0.15) is 87.9 Å². The number of nitrogens with one attached hydrogen (secondary N) is 1. The van der Waals surface area contributed by atoms with Crippen LogP contribution in [0.5, 0.6) is 5.75 Å². The predicted octanol–water partition coefficient (Wildman–Crippen LogP) is 6.06. The summed E-state index contributed by atoms with van der Waals surface area (Å²) in [6.07, 6.45) is 3.57. The Balaban J connectivity index is 1.49. The van der Waals surface area contributed by atoms with Gasteiger partial charge in [0, 0.05) is 23.2 Å². The molecule has 0 aliphatic carbocycles. The molecule has 0 aromatic heterocycles. The van der Waals surface area contributed by atoms with E-state index in [9.17, 15) is 9.90 Å². The fraction of sp³-hybridized carbons (Fsp3) is 0.567. The molecule has 0 bridgehead atoms. The van der Waals surface area contributed by atoms with E-state index in [2.05, 4.69) is 82.1 Å². The first-order valence-corrected chi connectivity index (χ1v) is 12.8. The van der Waals surface area contributed by atoms with Gasteiger partial charge in [-0.05, 0) is 73.3 Å². The maximum atomic E-state index is 13.0. The van der Waals surface area contributed by atoms with Crippen LogP contribution in [0, 0.1) is 5.92 Å². The summed E-state index contributed by atoms with van der Waals surface area (Å²) in [5.41, 5.74) is 3.29. The first-order chi connectivity index (χ1) is 15.9. The molecule has 0 saturated carbocycles. The molecule has 2 aromatic rings. The normalized spacial score (nSPS) is 16.1. The Kier molecular flexibility index (Phi) is 8.59. The molecule has 1 aliphatic rings. The minimum absolute atomic E-state index is 0.0914. The van der Waals surface area contributed by atoms with Crippen LogP contribution >= 0.6 is 0 Å². The Bertz CT molecular complexity index is 911. The number of aromatic hydroxyl groups is 1. The number of benzene rings is 2. The highest BCUT2D eigenvalue weighted by Gasteiger charge is 2.27. The van der Waals surface area contributed by atoms with Gasteiger partial charge in [-0.25, -0.2) is 0 Å². The monoisotopic (exact) mass is 464 g/mol. The van der Waals surface area contributed by atoms with Gasteiger partial charge in [-0.15, -0.1) is 0 Å². The van der Waals surface area contributed by atoms with Crippen molar-refractivity contribution in [2.75, 3.05) is 26.2 Å². The fourth-order valence-electron chi connectivity index (χ4n) is 4.82. The molecule has 2 aromatic carbocycles. The number of Topliss-reactive ketones (excluding diaryl/α,β-unsaturated/α-hetero) is 1. The second-order valence-corrected chi connectivity index (χ2v) is 12.0. The van der Waals surface area contributed by atoms with Crippen molar-refractivity contribution in [2.24, 2.45) is 5.92 Å². The van der Waals surface area contributed by atoms with Crippen LogP contribution in [0.25, 0.3) is 0 Å². The lowest BCUT2D eigenvalue weighted by molar-refractivity contribution is 0.0989. The minimum Gasteiger partial charge on any atom is -0.507 e. The average molecular weight is 465 g/mol. The molecule has 1 heterocycles. The summed E-state index contributed by atoms with van der Waals surface area (Å²) in [6.45, 7) is 17.0. The Morgan fingerprint density at radius 2 is 1.53 bits per heavy atom. The van der Waals surface area contributed by atoms with Gasteiger partial charge in [-0.1, -0.05) is 71.9 Å². The smallest absolute Gasteiger partial charge is 0.176 e. The molecule has 1 fully saturated rings. The number of carbonyl (C=O) groups excluding carboxylic acids is 1. The lowest BCUT2D eigenvalue weighted by Gasteiger charge is -2.32. The summed E-state index contributed by atoms with van der Waals surface area (Å²) >= 11 is 0. The molecule has 4 nitrogen and oxygen atoms in total. The van der Waals surface area contributed by atoms with Crippen LogP contribution in [0.2, 0.25) is 0 Å². The maximum absolute atomic E-state index is 13.0. The predicted molar refractivity (Wildman–Crippen MR) is 142 cm³/mol. The zero-order valence-electron chi connectivity index (χ0n) is 22.1. The number of nitrogens with zero attached hydrogens (tertiary/aromatic N) is 1. The Labute approximate surface area is 206 Å². The van der Waals surface area contributed by atoms with Crippen LogP contribution in [0.4, 0.5) is 0 Å². The van der Waals surface area contributed by atoms with Gasteiger partial charge in [-0.3, -0.25) is 9.69 Å². The maximum Gasteiger partial charge on any atom is 0.176 e. The van der Waals surface area contributed by atoms with E-state index >= 15 is 0 Å². The molecular weight excluding hydrogens is 420 g/mol. The molecule has 0 atom stereocenters. The van der Waals surface area contributed by atoms with Crippen molar-refractivity contribution in [3.8, 4) is 5.75 Å². The van der Waals surface area contributed by atoms with Crippen LogP contribution < -0.4 is 5.32 Å². The van der Waals surface area contributed by atoms with Gasteiger partial charge in [-0.2, -0.15) is 0 Å². The third-order valence-corrected chi connectivity index (χ3v) is 7.02. The molecule has 1 saturated heterocycles. The lowest BCUT2D eigenvalue weighted by Crippen LogP contribution is -2.34. The standard InChI is InChI=1S/C30H44N2O2/c1-29(2,3)25-18-24(19-26(28(25)34)30(4,5)6)27(33)20-31-15-12-22-13-16-32(17-14-22)21-23-10-8-7-9-11-23/h7-11,18-19,22,31,34H,12-17,20-21H2,1-6H3. The SMILES string of the molecule is CC(C)(C)c1cc(C(=O)CNCCC2CCN(Cc3ccccc3)CC2)cc(C(C)(C)C)c1O. The van der Waals surface area contributed by atoms with E-state index in [1.54, 1.807) is 0 Å². The molecule has 0 unspecified atom stereocenters. The molecule has 186 valence electrons. The molecular formula is C30H44N2O2. The fourth-order valence-corrected chi connectivity index (χ4v) is 4.82. The summed E-state index contributed by atoms with van der Waals surface area (Å²) in [4.78, 5) is 15.6. The van der Waals surface area contributed by atoms with Gasteiger partial charge in [0.15, 0.2) is 5.78 Å². The van der Waals surface area contributed by atoms with E-state index in [4.69, 9.17) is 0 Å². The van der Waals surface area contributed by atoms with Crippen molar-refractivity contribution < 1.29 is 9.90 Å². The van der Waals surface area contributed by atoms with Gasteiger partial charge >= 0.3 is 0 Å². The number of carbonyl (C=O) groups is 1. The molecule has 0 spiro atoms. The number of phenolic OH excluding ortho intramolecular Hbond substituents is 1. The van der Waals surface area contributed by atoms with Crippen molar-refractivity contribution in [3.63, 3.8) is 0 Å². The van der Waals surface area contributed by atoms with E-state index in [0.717, 1.165) is 49.6 Å². The number of phenols is 1. The number of likely N-dealkylation sites (tertiary alicyclic amines) is 1. The second kappa shape index (κ2) is 11.0. The lowest BCUT2D eigenvalue weighted by atomic mass is 9.78. The Hall–Kier alpha value is -2.17. The van der Waals surface area contributed by atoms with E-state index in [1.165, 1.54) is 18.4 Å². The van der Waals surface area contributed by atoms with Crippen molar-refractivity contribution >= 4 is 5.78 Å². The largest absolute Gasteiger partial charge is 0.507 e.